The summed E-state index contributed by atoms with van der Waals surface area (Å²) in [7, 11) is 0. The minimum Gasteiger partial charge on any atom is -0.409 e. The standard InChI is InChI=1S/C11H14Cl2N4O2/c1-2-17(6-10(14)16-19)11(18)15-9-4-7(12)3-8(13)5-9/h3-5,19H,2,6H2,1H3,(H2,14,16)(H,15,18). The molecule has 8 heteroatoms. The second kappa shape index (κ2) is 7.06. The molecule has 0 unspecified atom stereocenters. The second-order valence-electron chi connectivity index (χ2n) is 3.69. The molecule has 0 aliphatic carbocycles. The topological polar surface area (TPSA) is 90.9 Å². The van der Waals surface area contributed by atoms with E-state index in [0.29, 0.717) is 22.3 Å². The number of benzene rings is 1. The molecule has 1 aromatic carbocycles. The summed E-state index contributed by atoms with van der Waals surface area (Å²) < 4.78 is 0. The van der Waals surface area contributed by atoms with Crippen molar-refractivity contribution >= 4 is 40.8 Å². The number of anilines is 1. The van der Waals surface area contributed by atoms with Gasteiger partial charge in [0.15, 0.2) is 5.84 Å². The fourth-order valence-electron chi connectivity index (χ4n) is 1.38. The monoisotopic (exact) mass is 304 g/mol. The molecule has 0 saturated heterocycles. The minimum absolute atomic E-state index is 0.0210. The van der Waals surface area contributed by atoms with E-state index in [0.717, 1.165) is 0 Å². The van der Waals surface area contributed by atoms with E-state index in [1.54, 1.807) is 25.1 Å². The van der Waals surface area contributed by atoms with Gasteiger partial charge in [-0.1, -0.05) is 28.4 Å². The molecule has 0 heterocycles. The fraction of sp³-hybridized carbons (Fsp3) is 0.273. The predicted molar refractivity (Wildman–Crippen MR) is 76.1 cm³/mol. The molecular weight excluding hydrogens is 291 g/mol. The van der Waals surface area contributed by atoms with E-state index in [-0.39, 0.29) is 12.4 Å². The fourth-order valence-corrected chi connectivity index (χ4v) is 1.91. The average molecular weight is 305 g/mol. The summed E-state index contributed by atoms with van der Waals surface area (Å²) in [6.45, 7) is 2.19. The number of carbonyl (C=O) groups excluding carboxylic acids is 1. The van der Waals surface area contributed by atoms with E-state index >= 15 is 0 Å². The van der Waals surface area contributed by atoms with Crippen molar-refractivity contribution in [3.63, 3.8) is 0 Å². The number of likely N-dealkylation sites (N-methyl/N-ethyl adjacent to an activating group) is 1. The van der Waals surface area contributed by atoms with Crippen molar-refractivity contribution in [2.45, 2.75) is 6.92 Å². The number of nitrogens with zero attached hydrogens (tertiary/aromatic N) is 2. The number of nitrogens with two attached hydrogens (primary N) is 1. The zero-order chi connectivity index (χ0) is 14.4. The van der Waals surface area contributed by atoms with Gasteiger partial charge in [0.25, 0.3) is 0 Å². The molecule has 1 rings (SSSR count). The summed E-state index contributed by atoms with van der Waals surface area (Å²) in [6, 6.07) is 4.31. The molecule has 4 N–H and O–H groups in total. The molecule has 0 aliphatic heterocycles. The lowest BCUT2D eigenvalue weighted by molar-refractivity contribution is 0.220. The van der Waals surface area contributed by atoms with Crippen molar-refractivity contribution in [3.05, 3.63) is 28.2 Å². The van der Waals surface area contributed by atoms with Crippen LogP contribution in [-0.4, -0.2) is 35.1 Å². The SMILES string of the molecule is CCN(C/C(N)=N/O)C(=O)Nc1cc(Cl)cc(Cl)c1. The summed E-state index contributed by atoms with van der Waals surface area (Å²) in [4.78, 5) is 13.3. The molecule has 19 heavy (non-hydrogen) atoms. The van der Waals surface area contributed by atoms with E-state index in [1.807, 2.05) is 0 Å². The Morgan fingerprint density at radius 1 is 1.42 bits per heavy atom. The summed E-state index contributed by atoms with van der Waals surface area (Å²) in [5.74, 6) is -0.0545. The molecule has 104 valence electrons. The zero-order valence-electron chi connectivity index (χ0n) is 10.2. The van der Waals surface area contributed by atoms with Crippen molar-refractivity contribution in [3.8, 4) is 0 Å². The van der Waals surface area contributed by atoms with Gasteiger partial charge >= 0.3 is 6.03 Å². The number of oxime groups is 1. The first kappa shape index (κ1) is 15.4. The molecule has 0 aromatic heterocycles. The number of amides is 2. The van der Waals surface area contributed by atoms with Crippen LogP contribution in [-0.2, 0) is 0 Å². The highest BCUT2D eigenvalue weighted by Gasteiger charge is 2.13. The van der Waals surface area contributed by atoms with E-state index in [2.05, 4.69) is 10.5 Å². The number of hydrogen-bond acceptors (Lipinski definition) is 3. The van der Waals surface area contributed by atoms with Crippen LogP contribution in [0, 0.1) is 0 Å². The Balaban J connectivity index is 2.76. The van der Waals surface area contributed by atoms with Crippen molar-refractivity contribution in [2.24, 2.45) is 10.9 Å². The summed E-state index contributed by atoms with van der Waals surface area (Å²) >= 11 is 11.7. The molecule has 0 saturated carbocycles. The summed E-state index contributed by atoms with van der Waals surface area (Å²) in [5.41, 5.74) is 5.84. The molecule has 0 radical (unpaired) electrons. The number of nitrogens with one attached hydrogen (secondary N) is 1. The third-order valence-corrected chi connectivity index (χ3v) is 2.70. The third-order valence-electron chi connectivity index (χ3n) is 2.26. The Kier molecular flexibility index (Phi) is 5.72. The molecule has 1 aromatic rings. The lowest BCUT2D eigenvalue weighted by atomic mass is 10.3. The van der Waals surface area contributed by atoms with Crippen LogP contribution in [0.2, 0.25) is 10.0 Å². The number of urea groups is 1. The van der Waals surface area contributed by atoms with Gasteiger partial charge < -0.3 is 21.2 Å². The van der Waals surface area contributed by atoms with Crippen LogP contribution >= 0.6 is 23.2 Å². The summed E-state index contributed by atoms with van der Waals surface area (Å²) in [6.07, 6.45) is 0. The maximum atomic E-state index is 12.0. The molecule has 0 atom stereocenters. The largest absolute Gasteiger partial charge is 0.409 e. The number of halogens is 2. The maximum absolute atomic E-state index is 12.0. The van der Waals surface area contributed by atoms with E-state index in [4.69, 9.17) is 34.1 Å². The number of rotatable bonds is 4. The van der Waals surface area contributed by atoms with Crippen LogP contribution in [0.15, 0.2) is 23.4 Å². The molecule has 0 bridgehead atoms. The second-order valence-corrected chi connectivity index (χ2v) is 4.57. The van der Waals surface area contributed by atoms with Gasteiger partial charge in [0.1, 0.15) is 0 Å². The van der Waals surface area contributed by atoms with Gasteiger partial charge in [0.05, 0.1) is 6.54 Å². The smallest absolute Gasteiger partial charge is 0.322 e. The molecule has 0 fully saturated rings. The van der Waals surface area contributed by atoms with Gasteiger partial charge in [-0.05, 0) is 25.1 Å². The van der Waals surface area contributed by atoms with E-state index in [9.17, 15) is 4.79 Å². The predicted octanol–water partition coefficient (Wildman–Crippen LogP) is 2.59. The minimum atomic E-state index is -0.396. The Morgan fingerprint density at radius 3 is 2.47 bits per heavy atom. The number of amidine groups is 1. The Bertz CT molecular complexity index is 473. The van der Waals surface area contributed by atoms with Crippen molar-refractivity contribution in [1.29, 1.82) is 0 Å². The van der Waals surface area contributed by atoms with Gasteiger partial charge in [-0.2, -0.15) is 0 Å². The van der Waals surface area contributed by atoms with Crippen molar-refractivity contribution in [2.75, 3.05) is 18.4 Å². The van der Waals surface area contributed by atoms with Crippen LogP contribution in [0.25, 0.3) is 0 Å². The van der Waals surface area contributed by atoms with Crippen molar-refractivity contribution in [1.82, 2.24) is 4.90 Å². The van der Waals surface area contributed by atoms with Crippen LogP contribution in [0.4, 0.5) is 10.5 Å². The van der Waals surface area contributed by atoms with Gasteiger partial charge in [0.2, 0.25) is 0 Å². The first-order chi connectivity index (χ1) is 8.96. The van der Waals surface area contributed by atoms with Gasteiger partial charge in [-0.25, -0.2) is 4.79 Å². The lowest BCUT2D eigenvalue weighted by Crippen LogP contribution is -2.40. The third kappa shape index (κ3) is 4.84. The summed E-state index contributed by atoms with van der Waals surface area (Å²) in [5, 5.41) is 14.8. The van der Waals surface area contributed by atoms with Crippen LogP contribution in [0.5, 0.6) is 0 Å². The quantitative estimate of drug-likeness (QED) is 0.345. The molecular formula is C11H14Cl2N4O2. The zero-order valence-corrected chi connectivity index (χ0v) is 11.7. The van der Waals surface area contributed by atoms with Crippen molar-refractivity contribution < 1.29 is 10.0 Å². The maximum Gasteiger partial charge on any atom is 0.322 e. The highest BCUT2D eigenvalue weighted by atomic mass is 35.5. The highest BCUT2D eigenvalue weighted by molar-refractivity contribution is 6.35. The Morgan fingerprint density at radius 2 is 2.00 bits per heavy atom. The molecule has 0 aliphatic rings. The first-order valence-electron chi connectivity index (χ1n) is 5.44. The Hall–Kier alpha value is -1.66. The highest BCUT2D eigenvalue weighted by Crippen LogP contribution is 2.22. The number of carbonyl (C=O) groups is 1. The number of hydrogen-bond donors (Lipinski definition) is 3. The van der Waals surface area contributed by atoms with Crippen LogP contribution in [0.1, 0.15) is 6.92 Å². The van der Waals surface area contributed by atoms with Crippen LogP contribution in [0.3, 0.4) is 0 Å². The molecule has 0 spiro atoms. The molecule has 6 nitrogen and oxygen atoms in total. The van der Waals surface area contributed by atoms with Gasteiger partial charge in [-0.3, -0.25) is 0 Å². The lowest BCUT2D eigenvalue weighted by Gasteiger charge is -2.20. The Labute approximate surface area is 120 Å². The van der Waals surface area contributed by atoms with E-state index < -0.39 is 6.03 Å². The van der Waals surface area contributed by atoms with Gasteiger partial charge in [-0.15, -0.1) is 0 Å². The van der Waals surface area contributed by atoms with Crippen LogP contribution < -0.4 is 11.1 Å². The normalized spacial score (nSPS) is 11.2. The van der Waals surface area contributed by atoms with Gasteiger partial charge in [0, 0.05) is 22.3 Å². The van der Waals surface area contributed by atoms with E-state index in [1.165, 1.54) is 4.90 Å². The molecule has 2 amide bonds. The first-order valence-corrected chi connectivity index (χ1v) is 6.20. The average Bonchev–Trinajstić information content (AvgIpc) is 2.34.